The zero-order chi connectivity index (χ0) is 18.1. The Labute approximate surface area is 149 Å². The lowest BCUT2D eigenvalue weighted by atomic mass is 10.1. The Morgan fingerprint density at radius 2 is 1.96 bits per heavy atom. The molecule has 0 radical (unpaired) electrons. The van der Waals surface area contributed by atoms with Gasteiger partial charge in [0.2, 0.25) is 0 Å². The van der Waals surface area contributed by atoms with E-state index in [9.17, 15) is 9.59 Å². The number of nitrogens with zero attached hydrogens (tertiary/aromatic N) is 1. The topological polar surface area (TPSA) is 89.0 Å². The van der Waals surface area contributed by atoms with E-state index in [0.717, 1.165) is 10.4 Å². The van der Waals surface area contributed by atoms with Crippen molar-refractivity contribution >= 4 is 29.4 Å². The first-order valence-corrected chi connectivity index (χ1v) is 8.37. The fraction of sp³-hybridized carbons (Fsp3) is 0.235. The van der Waals surface area contributed by atoms with Crippen LogP contribution in [0, 0.1) is 0 Å². The molecule has 0 aliphatic rings. The van der Waals surface area contributed by atoms with Crippen molar-refractivity contribution in [3.8, 4) is 11.5 Å². The number of hydrogen-bond donors (Lipinski definition) is 2. The molecule has 2 rings (SSSR count). The summed E-state index contributed by atoms with van der Waals surface area (Å²) in [5.41, 5.74) is 3.14. The third-order valence-corrected chi connectivity index (χ3v) is 4.06. The van der Waals surface area contributed by atoms with Crippen molar-refractivity contribution in [2.24, 2.45) is 5.10 Å². The van der Waals surface area contributed by atoms with E-state index in [0.29, 0.717) is 24.5 Å². The van der Waals surface area contributed by atoms with Gasteiger partial charge in [-0.05, 0) is 35.6 Å². The SMILES string of the molecule is COc1ccc(CCNC(=O)C(=O)N/N=C\c2cccs2)cc1OC. The molecule has 0 unspecified atom stereocenters. The molecule has 7 nitrogen and oxygen atoms in total. The van der Waals surface area contributed by atoms with Crippen LogP contribution in [0.5, 0.6) is 11.5 Å². The van der Waals surface area contributed by atoms with Crippen LogP contribution in [0.3, 0.4) is 0 Å². The van der Waals surface area contributed by atoms with Crippen molar-refractivity contribution in [1.82, 2.24) is 10.7 Å². The van der Waals surface area contributed by atoms with Crippen LogP contribution < -0.4 is 20.2 Å². The second kappa shape index (κ2) is 9.43. The van der Waals surface area contributed by atoms with Gasteiger partial charge in [-0.15, -0.1) is 11.3 Å². The van der Waals surface area contributed by atoms with Crippen LogP contribution in [-0.2, 0) is 16.0 Å². The molecule has 8 heteroatoms. The molecule has 1 aromatic carbocycles. The minimum atomic E-state index is -0.805. The van der Waals surface area contributed by atoms with Crippen LogP contribution in [-0.4, -0.2) is 38.8 Å². The van der Waals surface area contributed by atoms with Crippen LogP contribution in [0.4, 0.5) is 0 Å². The van der Waals surface area contributed by atoms with Crippen molar-refractivity contribution in [2.75, 3.05) is 20.8 Å². The fourth-order valence-electron chi connectivity index (χ4n) is 2.01. The molecule has 2 amide bonds. The first-order chi connectivity index (χ1) is 12.1. The van der Waals surface area contributed by atoms with E-state index in [4.69, 9.17) is 9.47 Å². The zero-order valence-corrected chi connectivity index (χ0v) is 14.8. The van der Waals surface area contributed by atoms with E-state index in [1.54, 1.807) is 20.3 Å². The summed E-state index contributed by atoms with van der Waals surface area (Å²) >= 11 is 1.48. The highest BCUT2D eigenvalue weighted by molar-refractivity contribution is 7.11. The second-order valence-electron chi connectivity index (χ2n) is 4.91. The van der Waals surface area contributed by atoms with Gasteiger partial charge in [-0.25, -0.2) is 5.43 Å². The fourth-order valence-corrected chi connectivity index (χ4v) is 2.59. The van der Waals surface area contributed by atoms with Crippen LogP contribution in [0.1, 0.15) is 10.4 Å². The highest BCUT2D eigenvalue weighted by Crippen LogP contribution is 2.27. The van der Waals surface area contributed by atoms with Gasteiger partial charge in [0.25, 0.3) is 0 Å². The van der Waals surface area contributed by atoms with Gasteiger partial charge >= 0.3 is 11.8 Å². The number of amides is 2. The summed E-state index contributed by atoms with van der Waals surface area (Å²) in [4.78, 5) is 24.2. The molecule has 2 N–H and O–H groups in total. The van der Waals surface area contributed by atoms with Crippen molar-refractivity contribution in [1.29, 1.82) is 0 Å². The summed E-state index contributed by atoms with van der Waals surface area (Å²) in [5, 5.41) is 8.18. The number of hydrogen-bond acceptors (Lipinski definition) is 6. The summed E-state index contributed by atoms with van der Waals surface area (Å²) in [7, 11) is 3.13. The van der Waals surface area contributed by atoms with Crippen LogP contribution in [0.25, 0.3) is 0 Å². The van der Waals surface area contributed by atoms with Gasteiger partial charge in [0, 0.05) is 11.4 Å². The molecular weight excluding hydrogens is 342 g/mol. The maximum Gasteiger partial charge on any atom is 0.329 e. The second-order valence-corrected chi connectivity index (χ2v) is 5.89. The number of nitrogens with one attached hydrogen (secondary N) is 2. The summed E-state index contributed by atoms with van der Waals surface area (Å²) in [6, 6.07) is 9.22. The van der Waals surface area contributed by atoms with E-state index in [1.807, 2.05) is 29.6 Å². The molecule has 0 aliphatic carbocycles. The number of methoxy groups -OCH3 is 2. The minimum absolute atomic E-state index is 0.316. The van der Waals surface area contributed by atoms with E-state index in [1.165, 1.54) is 17.6 Å². The average molecular weight is 361 g/mol. The lowest BCUT2D eigenvalue weighted by Crippen LogP contribution is -2.38. The summed E-state index contributed by atoms with van der Waals surface area (Å²) < 4.78 is 10.4. The molecular formula is C17H19N3O4S. The quantitative estimate of drug-likeness (QED) is 0.445. The largest absolute Gasteiger partial charge is 0.493 e. The van der Waals surface area contributed by atoms with Crippen LogP contribution in [0.15, 0.2) is 40.8 Å². The van der Waals surface area contributed by atoms with E-state index >= 15 is 0 Å². The Morgan fingerprint density at radius 3 is 2.64 bits per heavy atom. The first kappa shape index (κ1) is 18.5. The number of hydrazone groups is 1. The molecule has 2 aromatic rings. The molecule has 0 aliphatic heterocycles. The lowest BCUT2D eigenvalue weighted by molar-refractivity contribution is -0.139. The molecule has 0 saturated heterocycles. The van der Waals surface area contributed by atoms with Gasteiger partial charge < -0.3 is 14.8 Å². The van der Waals surface area contributed by atoms with Crippen molar-refractivity contribution in [3.63, 3.8) is 0 Å². The Morgan fingerprint density at radius 1 is 1.16 bits per heavy atom. The van der Waals surface area contributed by atoms with Gasteiger partial charge in [-0.2, -0.15) is 5.10 Å². The predicted molar refractivity (Wildman–Crippen MR) is 96.3 cm³/mol. The Bertz CT molecular complexity index is 744. The Kier molecular flexibility index (Phi) is 6.97. The monoisotopic (exact) mass is 361 g/mol. The molecule has 0 bridgehead atoms. The van der Waals surface area contributed by atoms with Crippen molar-refractivity contribution in [2.45, 2.75) is 6.42 Å². The smallest absolute Gasteiger partial charge is 0.329 e. The van der Waals surface area contributed by atoms with E-state index in [-0.39, 0.29) is 0 Å². The number of carbonyl (C=O) groups is 2. The number of carbonyl (C=O) groups excluding carboxylic acids is 2. The maximum atomic E-state index is 11.7. The molecule has 1 heterocycles. The molecule has 25 heavy (non-hydrogen) atoms. The third kappa shape index (κ3) is 5.61. The molecule has 0 saturated carbocycles. The summed E-state index contributed by atoms with van der Waals surface area (Å²) in [5.74, 6) is -0.283. The molecule has 0 atom stereocenters. The average Bonchev–Trinajstić information content (AvgIpc) is 3.14. The predicted octanol–water partition coefficient (Wildman–Crippen LogP) is 1.57. The molecule has 1 aromatic heterocycles. The van der Waals surface area contributed by atoms with Crippen molar-refractivity contribution < 1.29 is 19.1 Å². The number of ether oxygens (including phenoxy) is 2. The van der Waals surface area contributed by atoms with Gasteiger partial charge in [0.15, 0.2) is 11.5 Å². The van der Waals surface area contributed by atoms with Gasteiger partial charge in [-0.3, -0.25) is 9.59 Å². The van der Waals surface area contributed by atoms with E-state index in [2.05, 4.69) is 15.8 Å². The summed E-state index contributed by atoms with van der Waals surface area (Å²) in [6.45, 7) is 0.316. The van der Waals surface area contributed by atoms with E-state index < -0.39 is 11.8 Å². The van der Waals surface area contributed by atoms with Gasteiger partial charge in [-0.1, -0.05) is 12.1 Å². The number of rotatable bonds is 7. The normalized spacial score (nSPS) is 10.5. The number of thiophene rings is 1. The molecule has 132 valence electrons. The van der Waals surface area contributed by atoms with Crippen LogP contribution >= 0.6 is 11.3 Å². The highest BCUT2D eigenvalue weighted by atomic mass is 32.1. The summed E-state index contributed by atoms with van der Waals surface area (Å²) in [6.07, 6.45) is 2.04. The highest BCUT2D eigenvalue weighted by Gasteiger charge is 2.12. The van der Waals surface area contributed by atoms with Gasteiger partial charge in [0.1, 0.15) is 0 Å². The lowest BCUT2D eigenvalue weighted by Gasteiger charge is -2.09. The maximum absolute atomic E-state index is 11.7. The Hall–Kier alpha value is -2.87. The number of benzene rings is 1. The Balaban J connectivity index is 1.77. The molecule has 0 fully saturated rings. The first-order valence-electron chi connectivity index (χ1n) is 7.49. The third-order valence-electron chi connectivity index (χ3n) is 3.25. The zero-order valence-electron chi connectivity index (χ0n) is 13.9. The minimum Gasteiger partial charge on any atom is -0.493 e. The molecule has 0 spiro atoms. The van der Waals surface area contributed by atoms with Crippen LogP contribution in [0.2, 0.25) is 0 Å². The van der Waals surface area contributed by atoms with Crippen molar-refractivity contribution in [3.05, 3.63) is 46.2 Å². The standard InChI is InChI=1S/C17H19N3O4S/c1-23-14-6-5-12(10-15(14)24-2)7-8-18-16(21)17(22)20-19-11-13-4-3-9-25-13/h3-6,9-11H,7-8H2,1-2H3,(H,18,21)(H,20,22)/b19-11-. The van der Waals surface area contributed by atoms with Gasteiger partial charge in [0.05, 0.1) is 20.4 Å².